The minimum atomic E-state index is -0.948. The van der Waals surface area contributed by atoms with Crippen LogP contribution in [0.1, 0.15) is 19.3 Å². The van der Waals surface area contributed by atoms with Crippen molar-refractivity contribution in [3.8, 4) is 0 Å². The Labute approximate surface area is 71.0 Å². The third kappa shape index (κ3) is 2.77. The highest BCUT2D eigenvalue weighted by Gasteiger charge is 2.24. The van der Waals surface area contributed by atoms with Gasteiger partial charge >= 0.3 is 5.97 Å². The molecule has 0 unspecified atom stereocenters. The predicted molar refractivity (Wildman–Crippen MR) is 42.7 cm³/mol. The van der Waals surface area contributed by atoms with E-state index in [1.165, 1.54) is 0 Å². The maximum absolute atomic E-state index is 13.2. The van der Waals surface area contributed by atoms with Crippen molar-refractivity contribution in [2.24, 2.45) is 5.92 Å². The maximum Gasteiger partial charge on any atom is 0.303 e. The summed E-state index contributed by atoms with van der Waals surface area (Å²) in [6.45, 7) is 1.40. The molecule has 2 atom stereocenters. The van der Waals surface area contributed by atoms with E-state index in [1.807, 2.05) is 0 Å². The van der Waals surface area contributed by atoms with Crippen molar-refractivity contribution in [2.45, 2.75) is 25.4 Å². The Morgan fingerprint density at radius 1 is 1.50 bits per heavy atom. The average molecular weight is 175 g/mol. The van der Waals surface area contributed by atoms with Gasteiger partial charge in [-0.05, 0) is 25.9 Å². The molecule has 1 rings (SSSR count). The fourth-order valence-corrected chi connectivity index (χ4v) is 1.52. The number of carboxylic acids is 1. The van der Waals surface area contributed by atoms with E-state index < -0.39 is 12.1 Å². The second-order valence-electron chi connectivity index (χ2n) is 3.20. The number of nitrogens with one attached hydrogen (secondary N) is 1. The standard InChI is InChI=1S/C8H14FNO2/c9-7-2-4-10-3-1-6(7)5-8(11)12/h6-7,10H,1-5H2,(H,11,12)/t6-,7+/m0/s1. The van der Waals surface area contributed by atoms with Crippen molar-refractivity contribution in [2.75, 3.05) is 13.1 Å². The van der Waals surface area contributed by atoms with E-state index in [-0.39, 0.29) is 12.3 Å². The third-order valence-electron chi connectivity index (χ3n) is 2.24. The average Bonchev–Trinajstić information content (AvgIpc) is 2.16. The molecule has 1 heterocycles. The van der Waals surface area contributed by atoms with Crippen LogP contribution in [-0.4, -0.2) is 30.3 Å². The van der Waals surface area contributed by atoms with Crippen LogP contribution in [0.25, 0.3) is 0 Å². The second kappa shape index (κ2) is 4.40. The zero-order valence-corrected chi connectivity index (χ0v) is 6.92. The molecule has 70 valence electrons. The lowest BCUT2D eigenvalue weighted by atomic mass is 9.95. The molecule has 4 heteroatoms. The van der Waals surface area contributed by atoms with Crippen LogP contribution in [0.3, 0.4) is 0 Å². The second-order valence-corrected chi connectivity index (χ2v) is 3.20. The predicted octanol–water partition coefficient (Wildman–Crippen LogP) is 0.799. The molecule has 0 aromatic heterocycles. The van der Waals surface area contributed by atoms with Crippen molar-refractivity contribution in [1.82, 2.24) is 5.32 Å². The number of hydrogen-bond acceptors (Lipinski definition) is 2. The molecule has 0 bridgehead atoms. The summed E-state index contributed by atoms with van der Waals surface area (Å²) in [6.07, 6.45) is 0.0879. The van der Waals surface area contributed by atoms with Gasteiger partial charge in [0.1, 0.15) is 6.17 Å². The zero-order valence-electron chi connectivity index (χ0n) is 6.92. The first kappa shape index (κ1) is 9.45. The zero-order chi connectivity index (χ0) is 8.97. The Morgan fingerprint density at radius 2 is 2.17 bits per heavy atom. The lowest BCUT2D eigenvalue weighted by Crippen LogP contribution is -2.19. The van der Waals surface area contributed by atoms with E-state index in [1.54, 1.807) is 0 Å². The van der Waals surface area contributed by atoms with Crippen LogP contribution in [0.15, 0.2) is 0 Å². The summed E-state index contributed by atoms with van der Waals surface area (Å²) in [4.78, 5) is 10.3. The van der Waals surface area contributed by atoms with Gasteiger partial charge in [0.2, 0.25) is 0 Å². The van der Waals surface area contributed by atoms with E-state index >= 15 is 0 Å². The first-order valence-electron chi connectivity index (χ1n) is 4.26. The van der Waals surface area contributed by atoms with E-state index in [0.717, 1.165) is 6.54 Å². The van der Waals surface area contributed by atoms with Gasteiger partial charge in [0.25, 0.3) is 0 Å². The fourth-order valence-electron chi connectivity index (χ4n) is 1.52. The first-order valence-corrected chi connectivity index (χ1v) is 4.26. The molecular weight excluding hydrogens is 161 g/mol. The maximum atomic E-state index is 13.2. The smallest absolute Gasteiger partial charge is 0.303 e. The number of halogens is 1. The molecule has 0 amide bonds. The van der Waals surface area contributed by atoms with Crippen LogP contribution in [0.4, 0.5) is 4.39 Å². The van der Waals surface area contributed by atoms with Crippen LogP contribution in [-0.2, 0) is 4.79 Å². The van der Waals surface area contributed by atoms with Crippen LogP contribution >= 0.6 is 0 Å². The van der Waals surface area contributed by atoms with Crippen molar-refractivity contribution < 1.29 is 14.3 Å². The van der Waals surface area contributed by atoms with E-state index in [9.17, 15) is 9.18 Å². The van der Waals surface area contributed by atoms with Gasteiger partial charge in [-0.1, -0.05) is 0 Å². The number of alkyl halides is 1. The highest BCUT2D eigenvalue weighted by Crippen LogP contribution is 2.20. The van der Waals surface area contributed by atoms with Crippen molar-refractivity contribution >= 4 is 5.97 Å². The number of hydrogen-bond donors (Lipinski definition) is 2. The minimum absolute atomic E-state index is 0.0388. The topological polar surface area (TPSA) is 49.3 Å². The minimum Gasteiger partial charge on any atom is -0.481 e. The quantitative estimate of drug-likeness (QED) is 0.652. The lowest BCUT2D eigenvalue weighted by molar-refractivity contribution is -0.138. The SMILES string of the molecule is O=C(O)C[C@@H]1CCNCC[C@H]1F. The van der Waals surface area contributed by atoms with Crippen molar-refractivity contribution in [3.05, 3.63) is 0 Å². The van der Waals surface area contributed by atoms with Gasteiger partial charge in [-0.15, -0.1) is 0 Å². The van der Waals surface area contributed by atoms with Gasteiger partial charge in [0.15, 0.2) is 0 Å². The van der Waals surface area contributed by atoms with E-state index in [4.69, 9.17) is 5.11 Å². The summed E-state index contributed by atoms with van der Waals surface area (Å²) in [5.41, 5.74) is 0. The Hall–Kier alpha value is -0.640. The summed E-state index contributed by atoms with van der Waals surface area (Å²) < 4.78 is 13.2. The molecule has 1 aliphatic rings. The Balaban J connectivity index is 2.41. The van der Waals surface area contributed by atoms with Crippen molar-refractivity contribution in [3.63, 3.8) is 0 Å². The summed E-state index contributed by atoms with van der Waals surface area (Å²) in [7, 11) is 0. The lowest BCUT2D eigenvalue weighted by Gasteiger charge is -2.14. The normalized spacial score (nSPS) is 31.1. The molecule has 0 spiro atoms. The van der Waals surface area contributed by atoms with Crippen LogP contribution in [0.5, 0.6) is 0 Å². The molecule has 1 saturated heterocycles. The fraction of sp³-hybridized carbons (Fsp3) is 0.875. The number of rotatable bonds is 2. The number of carboxylic acid groups (broad SMARTS) is 1. The van der Waals surface area contributed by atoms with Gasteiger partial charge in [0, 0.05) is 5.92 Å². The molecule has 1 aliphatic heterocycles. The molecule has 1 fully saturated rings. The highest BCUT2D eigenvalue weighted by molar-refractivity contribution is 5.67. The van der Waals surface area contributed by atoms with Gasteiger partial charge in [-0.3, -0.25) is 4.79 Å². The van der Waals surface area contributed by atoms with Crippen LogP contribution in [0, 0.1) is 5.92 Å². The Bertz CT molecular complexity index is 163. The molecule has 0 aromatic rings. The third-order valence-corrected chi connectivity index (χ3v) is 2.24. The van der Waals surface area contributed by atoms with Crippen LogP contribution in [0.2, 0.25) is 0 Å². The van der Waals surface area contributed by atoms with Gasteiger partial charge < -0.3 is 10.4 Å². The van der Waals surface area contributed by atoms with E-state index in [2.05, 4.69) is 5.32 Å². The van der Waals surface area contributed by atoms with Crippen LogP contribution < -0.4 is 5.32 Å². The molecule has 0 aromatic carbocycles. The monoisotopic (exact) mass is 175 g/mol. The first-order chi connectivity index (χ1) is 5.70. The molecule has 0 aliphatic carbocycles. The molecular formula is C8H14FNO2. The van der Waals surface area contributed by atoms with Gasteiger partial charge in [0.05, 0.1) is 6.42 Å². The molecule has 12 heavy (non-hydrogen) atoms. The summed E-state index contributed by atoms with van der Waals surface area (Å²) in [5.74, 6) is -1.19. The molecule has 2 N–H and O–H groups in total. The largest absolute Gasteiger partial charge is 0.481 e. The number of aliphatic carboxylic acids is 1. The van der Waals surface area contributed by atoms with E-state index in [0.29, 0.717) is 19.4 Å². The molecule has 0 saturated carbocycles. The number of carbonyl (C=O) groups is 1. The summed E-state index contributed by atoms with van der Waals surface area (Å²) in [6, 6.07) is 0. The molecule has 0 radical (unpaired) electrons. The van der Waals surface area contributed by atoms with Gasteiger partial charge in [-0.2, -0.15) is 0 Å². The summed E-state index contributed by atoms with van der Waals surface area (Å²) >= 11 is 0. The Morgan fingerprint density at radius 3 is 2.83 bits per heavy atom. The summed E-state index contributed by atoms with van der Waals surface area (Å²) in [5, 5.41) is 11.5. The molecule has 3 nitrogen and oxygen atoms in total. The highest BCUT2D eigenvalue weighted by atomic mass is 19.1. The Kier molecular flexibility index (Phi) is 3.47. The van der Waals surface area contributed by atoms with Gasteiger partial charge in [-0.25, -0.2) is 4.39 Å². The van der Waals surface area contributed by atoms with Crippen molar-refractivity contribution in [1.29, 1.82) is 0 Å².